The van der Waals surface area contributed by atoms with Gasteiger partial charge in [-0.05, 0) is 42.7 Å². The first-order valence-corrected chi connectivity index (χ1v) is 14.4. The Bertz CT molecular complexity index is 1450. The number of carboxylic acid groups (broad SMARTS) is 1. The molecule has 1 aliphatic heterocycles. The van der Waals surface area contributed by atoms with Gasteiger partial charge in [0.25, 0.3) is 0 Å². The maximum atomic E-state index is 13.9. The molecule has 3 heterocycles. The van der Waals surface area contributed by atoms with Crippen LogP contribution in [0.25, 0.3) is 16.6 Å². The smallest absolute Gasteiger partial charge is 0.307 e. The molecule has 0 spiro atoms. The van der Waals surface area contributed by atoms with Crippen LogP contribution in [0.5, 0.6) is 5.75 Å². The van der Waals surface area contributed by atoms with Crippen LogP contribution in [0.2, 0.25) is 0 Å². The Hall–Kier alpha value is -3.52. The molecule has 2 aromatic heterocycles. The molecule has 1 aromatic carbocycles. The quantitative estimate of drug-likeness (QED) is 0.292. The number of nitrogens with one attached hydrogen (secondary N) is 1. The minimum absolute atomic E-state index is 0.0768. The van der Waals surface area contributed by atoms with Crippen molar-refractivity contribution in [2.24, 2.45) is 0 Å². The molecule has 1 aliphatic rings. The van der Waals surface area contributed by atoms with Gasteiger partial charge in [-0.3, -0.25) is 9.59 Å². The molecule has 0 radical (unpaired) electrons. The highest BCUT2D eigenvalue weighted by Gasteiger charge is 2.32. The van der Waals surface area contributed by atoms with Gasteiger partial charge in [0.15, 0.2) is 0 Å². The van der Waals surface area contributed by atoms with E-state index in [1.807, 2.05) is 0 Å². The Morgan fingerprint density at radius 3 is 2.62 bits per heavy atom. The first kappa shape index (κ1) is 29.5. The lowest BCUT2D eigenvalue weighted by molar-refractivity contribution is -0.136. The number of carbonyl (C=O) groups is 2. The summed E-state index contributed by atoms with van der Waals surface area (Å²) in [4.78, 5) is 22.3. The molecule has 0 bridgehead atoms. The van der Waals surface area contributed by atoms with Crippen molar-refractivity contribution in [1.82, 2.24) is 19.2 Å². The number of amides is 1. The number of rotatable bonds is 13. The summed E-state index contributed by atoms with van der Waals surface area (Å²) in [5, 5.41) is 16.1. The Balaban J connectivity index is 1.47. The van der Waals surface area contributed by atoms with Crippen LogP contribution in [0.15, 0.2) is 47.6 Å². The summed E-state index contributed by atoms with van der Waals surface area (Å²) < 4.78 is 47.7. The third-order valence-electron chi connectivity index (χ3n) is 6.66. The molecule has 4 rings (SSSR count). The summed E-state index contributed by atoms with van der Waals surface area (Å²) in [6.07, 6.45) is 3.98. The van der Waals surface area contributed by atoms with Gasteiger partial charge >= 0.3 is 5.97 Å². The number of aromatic nitrogens is 2. The predicted molar refractivity (Wildman–Crippen MR) is 146 cm³/mol. The van der Waals surface area contributed by atoms with Crippen molar-refractivity contribution in [2.75, 3.05) is 46.6 Å². The zero-order chi connectivity index (χ0) is 28.7. The van der Waals surface area contributed by atoms with Crippen LogP contribution >= 0.6 is 0 Å². The van der Waals surface area contributed by atoms with Crippen molar-refractivity contribution >= 4 is 27.4 Å². The van der Waals surface area contributed by atoms with Gasteiger partial charge in [0.1, 0.15) is 5.75 Å². The van der Waals surface area contributed by atoms with Crippen molar-refractivity contribution in [3.8, 4) is 16.9 Å². The van der Waals surface area contributed by atoms with Gasteiger partial charge in [0.05, 0.1) is 56.1 Å². The van der Waals surface area contributed by atoms with Crippen molar-refractivity contribution in [2.45, 2.75) is 37.2 Å². The SMILES string of the molecule is COc1cccc(S(=O)(=O)N2CCC(OCCOCCNC(C)=O)CC2)c1-c1ccn2ncc(CC(=O)O)c2c1. The van der Waals surface area contributed by atoms with Gasteiger partial charge < -0.3 is 24.6 Å². The van der Waals surface area contributed by atoms with Crippen molar-refractivity contribution < 1.29 is 37.3 Å². The first-order chi connectivity index (χ1) is 19.2. The number of fused-ring (bicyclic) bond motifs is 1. The number of nitrogens with zero attached hydrogens (tertiary/aromatic N) is 3. The molecular weight excluding hydrogens is 540 g/mol. The van der Waals surface area contributed by atoms with Gasteiger partial charge in [0, 0.05) is 43.9 Å². The average molecular weight is 575 g/mol. The van der Waals surface area contributed by atoms with Crippen molar-refractivity contribution in [3.05, 3.63) is 48.3 Å². The number of carbonyl (C=O) groups excluding carboxylic acids is 1. The minimum atomic E-state index is -3.89. The molecule has 1 saturated heterocycles. The van der Waals surface area contributed by atoms with Crippen LogP contribution in [0.4, 0.5) is 0 Å². The van der Waals surface area contributed by atoms with E-state index in [0.29, 0.717) is 80.3 Å². The van der Waals surface area contributed by atoms with E-state index in [0.717, 1.165) is 0 Å². The van der Waals surface area contributed by atoms with E-state index in [1.54, 1.807) is 41.0 Å². The molecule has 12 nitrogen and oxygen atoms in total. The van der Waals surface area contributed by atoms with Crippen molar-refractivity contribution in [1.29, 1.82) is 0 Å². The molecule has 1 fully saturated rings. The average Bonchev–Trinajstić information content (AvgIpc) is 3.33. The second-order valence-corrected chi connectivity index (χ2v) is 11.3. The fraction of sp³-hybridized carbons (Fsp3) is 0.444. The number of benzene rings is 1. The van der Waals surface area contributed by atoms with E-state index >= 15 is 0 Å². The lowest BCUT2D eigenvalue weighted by Gasteiger charge is -2.31. The molecule has 2 N–H and O–H groups in total. The maximum absolute atomic E-state index is 13.9. The number of hydrogen-bond acceptors (Lipinski definition) is 8. The normalized spacial score (nSPS) is 14.8. The van der Waals surface area contributed by atoms with Crippen molar-refractivity contribution in [3.63, 3.8) is 0 Å². The highest BCUT2D eigenvalue weighted by Crippen LogP contribution is 2.38. The van der Waals surface area contributed by atoms with Crippen LogP contribution in [0.3, 0.4) is 0 Å². The summed E-state index contributed by atoms with van der Waals surface area (Å²) >= 11 is 0. The number of pyridine rings is 1. The number of ether oxygens (including phenoxy) is 3. The zero-order valence-electron chi connectivity index (χ0n) is 22.5. The highest BCUT2D eigenvalue weighted by atomic mass is 32.2. The Labute approximate surface area is 232 Å². The molecular formula is C27H34N4O8S. The van der Waals surface area contributed by atoms with Gasteiger partial charge in [-0.25, -0.2) is 12.9 Å². The fourth-order valence-electron chi connectivity index (χ4n) is 4.72. The minimum Gasteiger partial charge on any atom is -0.496 e. The molecule has 0 unspecified atom stereocenters. The molecule has 0 atom stereocenters. The van der Waals surface area contributed by atoms with E-state index in [4.69, 9.17) is 14.2 Å². The highest BCUT2D eigenvalue weighted by molar-refractivity contribution is 7.89. The third-order valence-corrected chi connectivity index (χ3v) is 8.60. The van der Waals surface area contributed by atoms with Crippen LogP contribution in [0.1, 0.15) is 25.3 Å². The summed E-state index contributed by atoms with van der Waals surface area (Å²) in [6, 6.07) is 8.38. The van der Waals surface area contributed by atoms with Gasteiger partial charge in [-0.15, -0.1) is 0 Å². The number of sulfonamides is 1. The summed E-state index contributed by atoms with van der Waals surface area (Å²) in [5.74, 6) is -0.698. The van der Waals surface area contributed by atoms with E-state index < -0.39 is 16.0 Å². The maximum Gasteiger partial charge on any atom is 0.307 e. The Kier molecular flexibility index (Phi) is 9.74. The number of hydrogen-bond donors (Lipinski definition) is 2. The zero-order valence-corrected chi connectivity index (χ0v) is 23.4. The largest absolute Gasteiger partial charge is 0.496 e. The molecule has 216 valence electrons. The Morgan fingerprint density at radius 2 is 1.93 bits per heavy atom. The first-order valence-electron chi connectivity index (χ1n) is 13.0. The van der Waals surface area contributed by atoms with E-state index in [-0.39, 0.29) is 23.3 Å². The number of methoxy groups -OCH3 is 1. The monoisotopic (exact) mass is 574 g/mol. The van der Waals surface area contributed by atoms with Gasteiger partial charge in [-0.1, -0.05) is 6.07 Å². The second-order valence-electron chi connectivity index (χ2n) is 9.39. The topological polar surface area (TPSA) is 149 Å². The fourth-order valence-corrected chi connectivity index (χ4v) is 6.42. The standard InChI is InChI=1S/C27H34N4O8S/c1-19(32)28-9-13-38-14-15-39-22-7-10-30(11-8-22)40(35,36)25-5-3-4-24(37-2)27(25)20-6-12-31-23(16-20)21(18-29-31)17-26(33)34/h3-6,12,16,18,22H,7-11,13-15,17H2,1-2H3,(H,28,32)(H,33,34). The van der Waals surface area contributed by atoms with Crippen LogP contribution in [-0.4, -0.2) is 92.0 Å². The van der Waals surface area contributed by atoms with E-state index in [2.05, 4.69) is 10.4 Å². The van der Waals surface area contributed by atoms with Crippen LogP contribution in [0, 0.1) is 0 Å². The summed E-state index contributed by atoms with van der Waals surface area (Å²) in [7, 11) is -2.41. The predicted octanol–water partition coefficient (Wildman–Crippen LogP) is 1.96. The van der Waals surface area contributed by atoms with Crippen LogP contribution in [-0.2, 0) is 35.5 Å². The molecule has 13 heteroatoms. The molecule has 0 aliphatic carbocycles. The molecule has 3 aromatic rings. The Morgan fingerprint density at radius 1 is 1.15 bits per heavy atom. The van der Waals surface area contributed by atoms with E-state index in [1.165, 1.54) is 24.5 Å². The second kappa shape index (κ2) is 13.2. The lowest BCUT2D eigenvalue weighted by atomic mass is 10.0. The molecule has 40 heavy (non-hydrogen) atoms. The van der Waals surface area contributed by atoms with Crippen LogP contribution < -0.4 is 10.1 Å². The van der Waals surface area contributed by atoms with Gasteiger partial charge in [0.2, 0.25) is 15.9 Å². The summed E-state index contributed by atoms with van der Waals surface area (Å²) in [5.41, 5.74) is 2.08. The lowest BCUT2D eigenvalue weighted by Crippen LogP contribution is -2.41. The number of carboxylic acids is 1. The third kappa shape index (κ3) is 6.97. The van der Waals surface area contributed by atoms with E-state index in [9.17, 15) is 23.1 Å². The summed E-state index contributed by atoms with van der Waals surface area (Å²) in [6.45, 7) is 3.67. The van der Waals surface area contributed by atoms with Gasteiger partial charge in [-0.2, -0.15) is 9.40 Å². The number of aliphatic carboxylic acids is 1. The number of piperidine rings is 1. The molecule has 0 saturated carbocycles. The molecule has 1 amide bonds.